The fraction of sp³-hybridized carbons (Fsp3) is 0.500. The Morgan fingerprint density at radius 1 is 0.742 bits per heavy atom. The molecule has 0 N–H and O–H groups in total. The lowest BCUT2D eigenvalue weighted by Crippen LogP contribution is -2.40. The Morgan fingerprint density at radius 3 is 1.55 bits per heavy atom. The van der Waals surface area contributed by atoms with E-state index >= 15 is 0 Å². The van der Waals surface area contributed by atoms with E-state index in [-0.39, 0.29) is 18.6 Å². The highest BCUT2D eigenvalue weighted by molar-refractivity contribution is 7.67. The topological polar surface area (TPSA) is 55.8 Å². The Bertz CT molecular complexity index is 819. The van der Waals surface area contributed by atoms with E-state index in [0.717, 1.165) is 25.7 Å². The lowest BCUT2D eigenvalue weighted by atomic mass is 9.95. The van der Waals surface area contributed by atoms with Gasteiger partial charge in [0.1, 0.15) is 0 Å². The summed E-state index contributed by atoms with van der Waals surface area (Å²) in [5.74, 6) is 0. The van der Waals surface area contributed by atoms with Crippen molar-refractivity contribution in [2.24, 2.45) is 0 Å². The summed E-state index contributed by atoms with van der Waals surface area (Å²) in [6.45, 7) is 4.48. The average Bonchev–Trinajstić information content (AvgIpc) is 2.81. The predicted molar refractivity (Wildman–Crippen MR) is 129 cm³/mol. The SMILES string of the molecule is CCOP(=O)(CN(CP(=O)(OCC)c1ccccc1)C1CCCCC1)c1ccccc1. The lowest BCUT2D eigenvalue weighted by molar-refractivity contribution is 0.188. The highest BCUT2D eigenvalue weighted by atomic mass is 31.2. The van der Waals surface area contributed by atoms with Crippen molar-refractivity contribution in [3.05, 3.63) is 60.7 Å². The molecule has 0 aromatic heterocycles. The zero-order chi connectivity index (χ0) is 22.2. The molecule has 1 fully saturated rings. The zero-order valence-electron chi connectivity index (χ0n) is 18.7. The average molecular weight is 463 g/mol. The number of benzene rings is 2. The molecular formula is C24H35NO4P2. The van der Waals surface area contributed by atoms with Gasteiger partial charge in [0.2, 0.25) is 14.7 Å². The fourth-order valence-electron chi connectivity index (χ4n) is 4.32. The van der Waals surface area contributed by atoms with Crippen LogP contribution in [0.15, 0.2) is 60.7 Å². The van der Waals surface area contributed by atoms with Crippen LogP contribution in [-0.4, -0.2) is 36.7 Å². The van der Waals surface area contributed by atoms with Gasteiger partial charge in [0.05, 0.1) is 25.8 Å². The van der Waals surface area contributed by atoms with Crippen molar-refractivity contribution in [2.45, 2.75) is 52.0 Å². The molecule has 0 spiro atoms. The molecular weight excluding hydrogens is 428 g/mol. The third kappa shape index (κ3) is 6.40. The summed E-state index contributed by atoms with van der Waals surface area (Å²) in [5, 5.41) is 1.42. The fourth-order valence-corrected chi connectivity index (χ4v) is 8.97. The van der Waals surface area contributed by atoms with Crippen LogP contribution in [0.1, 0.15) is 46.0 Å². The van der Waals surface area contributed by atoms with E-state index in [4.69, 9.17) is 9.05 Å². The Morgan fingerprint density at radius 2 is 1.16 bits per heavy atom. The maximum absolute atomic E-state index is 14.1. The molecule has 1 aliphatic rings. The molecule has 170 valence electrons. The smallest absolute Gasteiger partial charge is 0.245 e. The first-order chi connectivity index (χ1) is 15.0. The molecule has 0 radical (unpaired) electrons. The molecule has 2 atom stereocenters. The monoisotopic (exact) mass is 463 g/mol. The minimum absolute atomic E-state index is 0.226. The van der Waals surface area contributed by atoms with Gasteiger partial charge in [-0.25, -0.2) is 0 Å². The maximum atomic E-state index is 14.1. The minimum Gasteiger partial charge on any atom is -0.325 e. The van der Waals surface area contributed by atoms with Crippen LogP contribution in [0.3, 0.4) is 0 Å². The summed E-state index contributed by atoms with van der Waals surface area (Å²) in [6, 6.07) is 19.1. The van der Waals surface area contributed by atoms with Gasteiger partial charge in [0, 0.05) is 16.7 Å². The molecule has 2 aromatic carbocycles. The van der Waals surface area contributed by atoms with Gasteiger partial charge in [-0.2, -0.15) is 0 Å². The third-order valence-electron chi connectivity index (χ3n) is 5.80. The van der Waals surface area contributed by atoms with Gasteiger partial charge < -0.3 is 9.05 Å². The molecule has 0 saturated heterocycles. The molecule has 0 amide bonds. The van der Waals surface area contributed by atoms with Gasteiger partial charge in [-0.1, -0.05) is 55.7 Å². The van der Waals surface area contributed by atoms with Crippen LogP contribution in [0, 0.1) is 0 Å². The van der Waals surface area contributed by atoms with Crippen LogP contribution in [-0.2, 0) is 18.2 Å². The standard InChI is InChI=1S/C24H35NO4P2/c1-3-28-30(26,23-16-10-6-11-17-23)20-25(22-14-8-5-9-15-22)21-31(27,29-4-2)24-18-12-7-13-19-24/h6-7,10-13,16-19,22H,3-5,8-9,14-15,20-21H2,1-2H3. The van der Waals surface area contributed by atoms with E-state index in [1.165, 1.54) is 6.42 Å². The summed E-state index contributed by atoms with van der Waals surface area (Å²) in [7, 11) is -6.28. The maximum Gasteiger partial charge on any atom is 0.245 e. The molecule has 2 aromatic rings. The van der Waals surface area contributed by atoms with E-state index in [9.17, 15) is 9.13 Å². The van der Waals surface area contributed by atoms with Gasteiger partial charge in [-0.3, -0.25) is 14.0 Å². The molecule has 0 bridgehead atoms. The highest BCUT2D eigenvalue weighted by Crippen LogP contribution is 2.52. The predicted octanol–water partition coefficient (Wildman–Crippen LogP) is 5.82. The van der Waals surface area contributed by atoms with Crippen molar-refractivity contribution < 1.29 is 18.2 Å². The number of hydrogen-bond donors (Lipinski definition) is 0. The summed E-state index contributed by atoms with van der Waals surface area (Å²) in [6.07, 6.45) is 6.02. The Kier molecular flexibility index (Phi) is 9.13. The molecule has 7 heteroatoms. The minimum atomic E-state index is -3.14. The Balaban J connectivity index is 1.95. The van der Waals surface area contributed by atoms with Crippen molar-refractivity contribution in [2.75, 3.05) is 25.8 Å². The summed E-state index contributed by atoms with van der Waals surface area (Å²) in [5.41, 5.74) is 0. The summed E-state index contributed by atoms with van der Waals surface area (Å²) >= 11 is 0. The van der Waals surface area contributed by atoms with Gasteiger partial charge in [-0.15, -0.1) is 0 Å². The van der Waals surface area contributed by atoms with Crippen LogP contribution in [0.4, 0.5) is 0 Å². The van der Waals surface area contributed by atoms with Crippen LogP contribution in [0.5, 0.6) is 0 Å². The third-order valence-corrected chi connectivity index (χ3v) is 10.8. The largest absolute Gasteiger partial charge is 0.325 e. The van der Waals surface area contributed by atoms with Gasteiger partial charge >= 0.3 is 0 Å². The van der Waals surface area contributed by atoms with E-state index < -0.39 is 14.7 Å². The highest BCUT2D eigenvalue weighted by Gasteiger charge is 2.37. The van der Waals surface area contributed by atoms with Crippen LogP contribution in [0.2, 0.25) is 0 Å². The van der Waals surface area contributed by atoms with Crippen molar-refractivity contribution >= 4 is 25.3 Å². The zero-order valence-corrected chi connectivity index (χ0v) is 20.5. The lowest BCUT2D eigenvalue weighted by Gasteiger charge is -2.38. The summed E-state index contributed by atoms with van der Waals surface area (Å²) < 4.78 is 39.9. The molecule has 5 nitrogen and oxygen atoms in total. The van der Waals surface area contributed by atoms with Crippen molar-refractivity contribution in [1.29, 1.82) is 0 Å². The van der Waals surface area contributed by atoms with E-state index in [1.54, 1.807) is 0 Å². The molecule has 0 heterocycles. The van der Waals surface area contributed by atoms with Gasteiger partial charge in [0.15, 0.2) is 0 Å². The molecule has 31 heavy (non-hydrogen) atoms. The number of nitrogens with zero attached hydrogens (tertiary/aromatic N) is 1. The Labute approximate surface area is 187 Å². The second kappa shape index (κ2) is 11.6. The van der Waals surface area contributed by atoms with Crippen LogP contribution >= 0.6 is 14.7 Å². The van der Waals surface area contributed by atoms with E-state index in [1.807, 2.05) is 74.5 Å². The molecule has 1 saturated carbocycles. The van der Waals surface area contributed by atoms with Crippen LogP contribution < -0.4 is 10.6 Å². The van der Waals surface area contributed by atoms with Gasteiger partial charge in [0.25, 0.3) is 0 Å². The number of hydrogen-bond acceptors (Lipinski definition) is 5. The number of rotatable bonds is 11. The van der Waals surface area contributed by atoms with Crippen molar-refractivity contribution in [1.82, 2.24) is 4.90 Å². The second-order valence-electron chi connectivity index (χ2n) is 8.02. The first-order valence-corrected chi connectivity index (χ1v) is 14.9. The molecule has 2 unspecified atom stereocenters. The first-order valence-electron chi connectivity index (χ1n) is 11.3. The molecule has 3 rings (SSSR count). The quantitative estimate of drug-likeness (QED) is 0.393. The van der Waals surface area contributed by atoms with E-state index in [0.29, 0.717) is 23.8 Å². The second-order valence-corrected chi connectivity index (χ2v) is 12.8. The molecule has 0 aliphatic heterocycles. The molecule has 1 aliphatic carbocycles. The Hall–Kier alpha value is -1.22. The van der Waals surface area contributed by atoms with Crippen LogP contribution in [0.25, 0.3) is 0 Å². The normalized spacial score (nSPS) is 19.1. The summed E-state index contributed by atoms with van der Waals surface area (Å²) in [4.78, 5) is 2.14. The van der Waals surface area contributed by atoms with Crippen molar-refractivity contribution in [3.8, 4) is 0 Å². The van der Waals surface area contributed by atoms with Gasteiger partial charge in [-0.05, 0) is 51.0 Å². The van der Waals surface area contributed by atoms with Crippen molar-refractivity contribution in [3.63, 3.8) is 0 Å². The van der Waals surface area contributed by atoms with E-state index in [2.05, 4.69) is 4.90 Å². The first kappa shape index (κ1) is 24.4.